The van der Waals surface area contributed by atoms with Gasteiger partial charge in [0.05, 0.1) is 5.56 Å². The molecular formula is C10H8F4N2O3. The first-order valence-electron chi connectivity index (χ1n) is 4.83. The molecule has 0 saturated heterocycles. The molecule has 5 nitrogen and oxygen atoms in total. The van der Waals surface area contributed by atoms with Gasteiger partial charge in [0.15, 0.2) is 0 Å². The standard InChI is InChI=1S/C10H8F4N2O3/c11-7-2-1-5(3-6(7)8(17)18)16-9(19)15-4-10(12,13)14/h1-3H,4H2,(H,17,18)(H2,15,16,19). The molecule has 0 heterocycles. The first kappa shape index (κ1) is 14.7. The molecule has 0 fully saturated rings. The van der Waals surface area contributed by atoms with E-state index in [4.69, 9.17) is 5.11 Å². The average molecular weight is 280 g/mol. The van der Waals surface area contributed by atoms with E-state index in [9.17, 15) is 27.2 Å². The Morgan fingerprint density at radius 1 is 1.26 bits per heavy atom. The van der Waals surface area contributed by atoms with Gasteiger partial charge >= 0.3 is 18.2 Å². The largest absolute Gasteiger partial charge is 0.478 e. The highest BCUT2D eigenvalue weighted by molar-refractivity contribution is 5.93. The second-order valence-electron chi connectivity index (χ2n) is 3.42. The normalized spacial score (nSPS) is 10.9. The molecule has 0 saturated carbocycles. The average Bonchev–Trinajstić information content (AvgIpc) is 2.28. The van der Waals surface area contributed by atoms with Gasteiger partial charge < -0.3 is 15.7 Å². The van der Waals surface area contributed by atoms with E-state index in [-0.39, 0.29) is 5.69 Å². The van der Waals surface area contributed by atoms with Crippen LogP contribution in [0.25, 0.3) is 0 Å². The molecule has 0 aliphatic carbocycles. The lowest BCUT2D eigenvalue weighted by Gasteiger charge is -2.10. The Balaban J connectivity index is 2.70. The summed E-state index contributed by atoms with van der Waals surface area (Å²) < 4.78 is 48.4. The summed E-state index contributed by atoms with van der Waals surface area (Å²) in [6.45, 7) is -1.54. The van der Waals surface area contributed by atoms with Crippen molar-refractivity contribution in [3.63, 3.8) is 0 Å². The molecular weight excluding hydrogens is 272 g/mol. The van der Waals surface area contributed by atoms with E-state index >= 15 is 0 Å². The predicted octanol–water partition coefficient (Wildman–Crippen LogP) is 2.21. The number of aromatic carboxylic acids is 1. The second kappa shape index (κ2) is 5.55. The fourth-order valence-corrected chi connectivity index (χ4v) is 1.12. The summed E-state index contributed by atoms with van der Waals surface area (Å²) in [6.07, 6.45) is -4.56. The highest BCUT2D eigenvalue weighted by Gasteiger charge is 2.27. The number of halogens is 4. The number of amides is 2. The molecule has 0 aromatic heterocycles. The molecule has 0 unspecified atom stereocenters. The molecule has 1 aromatic carbocycles. The van der Waals surface area contributed by atoms with Crippen molar-refractivity contribution in [3.05, 3.63) is 29.6 Å². The van der Waals surface area contributed by atoms with Crippen LogP contribution in [0.3, 0.4) is 0 Å². The molecule has 0 aliphatic rings. The van der Waals surface area contributed by atoms with Gasteiger partial charge in [-0.3, -0.25) is 0 Å². The molecule has 1 rings (SSSR count). The summed E-state index contributed by atoms with van der Waals surface area (Å²) in [5.74, 6) is -2.58. The predicted molar refractivity (Wildman–Crippen MR) is 56.4 cm³/mol. The van der Waals surface area contributed by atoms with Crippen molar-refractivity contribution >= 4 is 17.7 Å². The van der Waals surface area contributed by atoms with Gasteiger partial charge in [-0.15, -0.1) is 0 Å². The molecule has 19 heavy (non-hydrogen) atoms. The number of hydrogen-bond acceptors (Lipinski definition) is 2. The van der Waals surface area contributed by atoms with Gasteiger partial charge in [0, 0.05) is 5.69 Å². The van der Waals surface area contributed by atoms with Gasteiger partial charge in [0.25, 0.3) is 0 Å². The minimum absolute atomic E-state index is 0.140. The van der Waals surface area contributed by atoms with E-state index in [0.29, 0.717) is 0 Å². The Labute approximate surface area is 104 Å². The number of carboxylic acids is 1. The summed E-state index contributed by atoms with van der Waals surface area (Å²) in [5, 5.41) is 12.1. The van der Waals surface area contributed by atoms with Gasteiger partial charge in [-0.05, 0) is 18.2 Å². The van der Waals surface area contributed by atoms with E-state index in [0.717, 1.165) is 18.2 Å². The smallest absolute Gasteiger partial charge is 0.405 e. The van der Waals surface area contributed by atoms with E-state index in [1.165, 1.54) is 5.32 Å². The van der Waals surface area contributed by atoms with Crippen LogP contribution in [-0.2, 0) is 0 Å². The summed E-state index contributed by atoms with van der Waals surface area (Å²) in [7, 11) is 0. The first-order chi connectivity index (χ1) is 8.69. The van der Waals surface area contributed by atoms with Crippen LogP contribution in [0.5, 0.6) is 0 Å². The Bertz CT molecular complexity index is 502. The Morgan fingerprint density at radius 2 is 1.89 bits per heavy atom. The van der Waals surface area contributed by atoms with E-state index in [1.54, 1.807) is 0 Å². The molecule has 0 radical (unpaired) electrons. The first-order valence-corrected chi connectivity index (χ1v) is 4.83. The molecule has 0 atom stereocenters. The quantitative estimate of drug-likeness (QED) is 0.743. The van der Waals surface area contributed by atoms with Crippen molar-refractivity contribution in [2.45, 2.75) is 6.18 Å². The van der Waals surface area contributed by atoms with Gasteiger partial charge in [-0.1, -0.05) is 0 Å². The fourth-order valence-electron chi connectivity index (χ4n) is 1.12. The molecule has 0 aliphatic heterocycles. The lowest BCUT2D eigenvalue weighted by Crippen LogP contribution is -2.36. The number of carbonyl (C=O) groups excluding carboxylic acids is 1. The maximum absolute atomic E-state index is 13.0. The molecule has 3 N–H and O–H groups in total. The highest BCUT2D eigenvalue weighted by atomic mass is 19.4. The van der Waals surface area contributed by atoms with Crippen molar-refractivity contribution < 1.29 is 32.3 Å². The van der Waals surface area contributed by atoms with E-state index in [2.05, 4.69) is 0 Å². The minimum atomic E-state index is -4.56. The topological polar surface area (TPSA) is 78.4 Å². The van der Waals surface area contributed by atoms with Crippen LogP contribution in [0.1, 0.15) is 10.4 Å². The number of carboxylic acid groups (broad SMARTS) is 1. The van der Waals surface area contributed by atoms with Gasteiger partial charge in [-0.2, -0.15) is 13.2 Å². The molecule has 1 aromatic rings. The maximum atomic E-state index is 13.0. The van der Waals surface area contributed by atoms with Crippen molar-refractivity contribution in [1.29, 1.82) is 0 Å². The van der Waals surface area contributed by atoms with Crippen LogP contribution in [0, 0.1) is 5.82 Å². The Hall–Kier alpha value is -2.32. The van der Waals surface area contributed by atoms with Gasteiger partial charge in [0.1, 0.15) is 12.4 Å². The van der Waals surface area contributed by atoms with Crippen LogP contribution in [0.2, 0.25) is 0 Å². The summed E-state index contributed by atoms with van der Waals surface area (Å²) in [4.78, 5) is 21.7. The molecule has 2 amide bonds. The fraction of sp³-hybridized carbons (Fsp3) is 0.200. The monoisotopic (exact) mass is 280 g/mol. The molecule has 9 heteroatoms. The van der Waals surface area contributed by atoms with E-state index < -0.39 is 36.1 Å². The number of benzene rings is 1. The van der Waals surface area contributed by atoms with Crippen molar-refractivity contribution in [1.82, 2.24) is 5.32 Å². The van der Waals surface area contributed by atoms with Crippen LogP contribution in [0.15, 0.2) is 18.2 Å². The van der Waals surface area contributed by atoms with Crippen LogP contribution in [0.4, 0.5) is 28.0 Å². The summed E-state index contributed by atoms with van der Waals surface area (Å²) >= 11 is 0. The maximum Gasteiger partial charge on any atom is 0.405 e. The Morgan fingerprint density at radius 3 is 2.42 bits per heavy atom. The van der Waals surface area contributed by atoms with Crippen LogP contribution >= 0.6 is 0 Å². The minimum Gasteiger partial charge on any atom is -0.478 e. The molecule has 104 valence electrons. The number of rotatable bonds is 3. The number of carbonyl (C=O) groups is 2. The number of alkyl halides is 3. The highest BCUT2D eigenvalue weighted by Crippen LogP contribution is 2.15. The SMILES string of the molecule is O=C(NCC(F)(F)F)Nc1ccc(F)c(C(=O)O)c1. The lowest BCUT2D eigenvalue weighted by molar-refractivity contribution is -0.122. The van der Waals surface area contributed by atoms with Gasteiger partial charge in [0.2, 0.25) is 0 Å². The zero-order valence-electron chi connectivity index (χ0n) is 9.21. The zero-order valence-corrected chi connectivity index (χ0v) is 9.21. The van der Waals surface area contributed by atoms with Crippen LogP contribution < -0.4 is 10.6 Å². The van der Waals surface area contributed by atoms with Crippen molar-refractivity contribution in [3.8, 4) is 0 Å². The lowest BCUT2D eigenvalue weighted by atomic mass is 10.2. The number of hydrogen-bond donors (Lipinski definition) is 3. The third-order valence-corrected chi connectivity index (χ3v) is 1.90. The van der Waals surface area contributed by atoms with E-state index in [1.807, 2.05) is 5.32 Å². The Kier molecular flexibility index (Phi) is 4.30. The number of nitrogens with one attached hydrogen (secondary N) is 2. The number of anilines is 1. The molecule has 0 bridgehead atoms. The van der Waals surface area contributed by atoms with Gasteiger partial charge in [-0.25, -0.2) is 14.0 Å². The second-order valence-corrected chi connectivity index (χ2v) is 3.42. The van der Waals surface area contributed by atoms with Crippen LogP contribution in [-0.4, -0.2) is 29.8 Å². The third-order valence-electron chi connectivity index (χ3n) is 1.90. The summed E-state index contributed by atoms with van der Waals surface area (Å²) in [6, 6.07) is 1.42. The molecule has 0 spiro atoms. The zero-order chi connectivity index (χ0) is 14.6. The third kappa shape index (κ3) is 4.82. The van der Waals surface area contributed by atoms with Crippen molar-refractivity contribution in [2.75, 3.05) is 11.9 Å². The number of urea groups is 1. The summed E-state index contributed by atoms with van der Waals surface area (Å²) in [5.41, 5.74) is -0.841. The van der Waals surface area contributed by atoms with Crippen molar-refractivity contribution in [2.24, 2.45) is 0 Å².